The summed E-state index contributed by atoms with van der Waals surface area (Å²) in [5.74, 6) is 0.596. The number of aromatic nitrogens is 2. The molecular weight excluding hydrogens is 387 g/mol. The molecule has 0 unspecified atom stereocenters. The quantitative estimate of drug-likeness (QED) is 0.682. The second-order valence-corrected chi connectivity index (χ2v) is 8.87. The summed E-state index contributed by atoms with van der Waals surface area (Å²) in [6.07, 6.45) is 5.79. The first-order chi connectivity index (χ1) is 14.5. The normalized spacial score (nSPS) is 23.8. The van der Waals surface area contributed by atoms with E-state index in [4.69, 9.17) is 4.74 Å². The molecule has 166 valence electrons. The highest BCUT2D eigenvalue weighted by Gasteiger charge is 2.32. The summed E-state index contributed by atoms with van der Waals surface area (Å²) in [7, 11) is 0. The number of anilines is 2. The Kier molecular flexibility index (Phi) is 6.67. The lowest BCUT2D eigenvalue weighted by Gasteiger charge is -2.44. The minimum atomic E-state index is -0.533. The van der Waals surface area contributed by atoms with Gasteiger partial charge in [-0.25, -0.2) is 9.97 Å². The van der Waals surface area contributed by atoms with Gasteiger partial charge >= 0.3 is 0 Å². The van der Waals surface area contributed by atoms with Crippen LogP contribution in [0.4, 0.5) is 16.0 Å². The summed E-state index contributed by atoms with van der Waals surface area (Å²) in [6.45, 7) is 8.21. The lowest BCUT2D eigenvalue weighted by atomic mass is 9.94. The number of hydrazine groups is 1. The third-order valence-corrected chi connectivity index (χ3v) is 6.60. The monoisotopic (exact) mass is 420 g/mol. The van der Waals surface area contributed by atoms with Gasteiger partial charge in [0.05, 0.1) is 19.3 Å². The molecule has 1 aromatic rings. The van der Waals surface area contributed by atoms with E-state index in [1.54, 1.807) is 6.92 Å². The predicted octanol–water partition coefficient (Wildman–Crippen LogP) is 2.10. The number of fused-ring (bicyclic) bond motifs is 1. The Labute approximate surface area is 177 Å². The molecule has 0 radical (unpaired) electrons. The van der Waals surface area contributed by atoms with E-state index in [9.17, 15) is 4.79 Å². The van der Waals surface area contributed by atoms with Gasteiger partial charge in [-0.1, -0.05) is 32.6 Å². The first-order valence-electron chi connectivity index (χ1n) is 11.2. The number of halogens is 1. The molecule has 1 aromatic heterocycles. The van der Waals surface area contributed by atoms with Crippen molar-refractivity contribution in [2.75, 3.05) is 49.7 Å². The molecule has 1 saturated carbocycles. The summed E-state index contributed by atoms with van der Waals surface area (Å²) in [5.41, 5.74) is 5.36. The van der Waals surface area contributed by atoms with Crippen LogP contribution in [0.5, 0.6) is 0 Å². The van der Waals surface area contributed by atoms with E-state index in [1.165, 1.54) is 25.7 Å². The lowest BCUT2D eigenvalue weighted by molar-refractivity contribution is -0.124. The van der Waals surface area contributed by atoms with Gasteiger partial charge in [0.25, 0.3) is 0 Å². The average molecular weight is 421 g/mol. The molecule has 2 aliphatic heterocycles. The molecule has 8 nitrogen and oxygen atoms in total. The maximum atomic E-state index is 15.2. The summed E-state index contributed by atoms with van der Waals surface area (Å²) in [4.78, 5) is 25.3. The Morgan fingerprint density at radius 2 is 2.07 bits per heavy atom. The third-order valence-electron chi connectivity index (χ3n) is 6.60. The summed E-state index contributed by atoms with van der Waals surface area (Å²) in [5, 5.41) is 0. The lowest BCUT2D eigenvalue weighted by Crippen LogP contribution is -2.58. The standard InChI is InChI=1S/C21H33FN6O2/c1-14(11-16-5-3-4-6-16)21(29)26-25-19-18(22)20(24-15(2)23-19)28-8-7-27-9-10-30-13-17(27)12-28/h14,16-17H,3-13H2,1-2H3,(H,26,29)(H,23,24,25)/t14-,17+/m1/s1. The number of aryl methyl sites for hydroxylation is 1. The molecule has 30 heavy (non-hydrogen) atoms. The first kappa shape index (κ1) is 21.2. The van der Waals surface area contributed by atoms with Crippen molar-refractivity contribution >= 4 is 17.5 Å². The summed E-state index contributed by atoms with van der Waals surface area (Å²) in [6, 6.07) is 0.245. The van der Waals surface area contributed by atoms with Gasteiger partial charge in [0.1, 0.15) is 5.82 Å². The number of piperazine rings is 1. The van der Waals surface area contributed by atoms with Crippen LogP contribution in [0.2, 0.25) is 0 Å². The van der Waals surface area contributed by atoms with Gasteiger partial charge in [-0.3, -0.25) is 20.5 Å². The van der Waals surface area contributed by atoms with Gasteiger partial charge in [0.2, 0.25) is 11.7 Å². The molecule has 1 amide bonds. The summed E-state index contributed by atoms with van der Waals surface area (Å²) < 4.78 is 20.8. The van der Waals surface area contributed by atoms with Crippen LogP contribution in [-0.4, -0.2) is 66.2 Å². The second-order valence-electron chi connectivity index (χ2n) is 8.87. The van der Waals surface area contributed by atoms with Crippen molar-refractivity contribution in [3.63, 3.8) is 0 Å². The Morgan fingerprint density at radius 1 is 1.27 bits per heavy atom. The van der Waals surface area contributed by atoms with Gasteiger partial charge in [-0.2, -0.15) is 4.39 Å². The van der Waals surface area contributed by atoms with E-state index >= 15 is 4.39 Å². The van der Waals surface area contributed by atoms with Crippen LogP contribution >= 0.6 is 0 Å². The predicted molar refractivity (Wildman–Crippen MR) is 113 cm³/mol. The van der Waals surface area contributed by atoms with Crippen molar-refractivity contribution in [2.24, 2.45) is 11.8 Å². The van der Waals surface area contributed by atoms with Crippen LogP contribution in [0.3, 0.4) is 0 Å². The third kappa shape index (κ3) is 4.83. The number of ether oxygens (including phenoxy) is 1. The van der Waals surface area contributed by atoms with Crippen LogP contribution < -0.4 is 15.8 Å². The fourth-order valence-electron chi connectivity index (χ4n) is 4.87. The minimum Gasteiger partial charge on any atom is -0.378 e. The minimum absolute atomic E-state index is 0.0150. The van der Waals surface area contributed by atoms with E-state index in [1.807, 2.05) is 11.8 Å². The molecule has 3 fully saturated rings. The fourth-order valence-corrected chi connectivity index (χ4v) is 4.87. The Morgan fingerprint density at radius 3 is 2.87 bits per heavy atom. The number of hydrogen-bond acceptors (Lipinski definition) is 7. The van der Waals surface area contributed by atoms with Crippen LogP contribution in [0.25, 0.3) is 0 Å². The van der Waals surface area contributed by atoms with Crippen LogP contribution in [-0.2, 0) is 9.53 Å². The Bertz CT molecular complexity index is 757. The number of nitrogens with zero attached hydrogens (tertiary/aromatic N) is 4. The molecule has 4 rings (SSSR count). The zero-order valence-electron chi connectivity index (χ0n) is 18.0. The largest absolute Gasteiger partial charge is 0.378 e. The highest BCUT2D eigenvalue weighted by atomic mass is 19.1. The van der Waals surface area contributed by atoms with Crippen molar-refractivity contribution < 1.29 is 13.9 Å². The van der Waals surface area contributed by atoms with Crippen molar-refractivity contribution in [2.45, 2.75) is 52.0 Å². The number of carbonyl (C=O) groups is 1. The molecule has 9 heteroatoms. The molecule has 2 saturated heterocycles. The zero-order valence-corrected chi connectivity index (χ0v) is 18.0. The Balaban J connectivity index is 1.39. The van der Waals surface area contributed by atoms with Crippen molar-refractivity contribution in [3.05, 3.63) is 11.6 Å². The second kappa shape index (κ2) is 9.43. The molecule has 3 aliphatic rings. The van der Waals surface area contributed by atoms with Gasteiger partial charge in [-0.15, -0.1) is 0 Å². The number of carbonyl (C=O) groups excluding carboxylic acids is 1. The summed E-state index contributed by atoms with van der Waals surface area (Å²) >= 11 is 0. The Hall–Kier alpha value is -2.00. The van der Waals surface area contributed by atoms with Crippen molar-refractivity contribution in [3.8, 4) is 0 Å². The molecule has 3 heterocycles. The number of morpholine rings is 1. The van der Waals surface area contributed by atoms with Crippen molar-refractivity contribution in [1.82, 2.24) is 20.3 Å². The maximum absolute atomic E-state index is 15.2. The number of amides is 1. The number of rotatable bonds is 6. The van der Waals surface area contributed by atoms with Gasteiger partial charge < -0.3 is 9.64 Å². The molecule has 0 bridgehead atoms. The zero-order chi connectivity index (χ0) is 21.1. The molecular formula is C21H33FN6O2. The van der Waals surface area contributed by atoms with Crippen molar-refractivity contribution in [1.29, 1.82) is 0 Å². The topological polar surface area (TPSA) is 82.6 Å². The van der Waals surface area contributed by atoms with E-state index in [0.29, 0.717) is 31.4 Å². The van der Waals surface area contributed by atoms with Crippen LogP contribution in [0.1, 0.15) is 44.9 Å². The van der Waals surface area contributed by atoms with Gasteiger partial charge in [-0.05, 0) is 19.3 Å². The molecule has 1 aliphatic carbocycles. The highest BCUT2D eigenvalue weighted by molar-refractivity contribution is 5.79. The van der Waals surface area contributed by atoms with E-state index in [0.717, 1.165) is 26.1 Å². The van der Waals surface area contributed by atoms with Crippen LogP contribution in [0.15, 0.2) is 0 Å². The molecule has 0 aromatic carbocycles. The maximum Gasteiger partial charge on any atom is 0.241 e. The van der Waals surface area contributed by atoms with E-state index in [2.05, 4.69) is 25.7 Å². The molecule has 2 atom stereocenters. The van der Waals surface area contributed by atoms with Gasteiger partial charge in [0.15, 0.2) is 11.6 Å². The molecule has 0 spiro atoms. The van der Waals surface area contributed by atoms with E-state index in [-0.39, 0.29) is 29.5 Å². The fraction of sp³-hybridized carbons (Fsp3) is 0.762. The van der Waals surface area contributed by atoms with Gasteiger partial charge in [0, 0.05) is 32.1 Å². The van der Waals surface area contributed by atoms with E-state index < -0.39 is 5.82 Å². The number of hydrogen-bond donors (Lipinski definition) is 2. The smallest absolute Gasteiger partial charge is 0.241 e. The highest BCUT2D eigenvalue weighted by Crippen LogP contribution is 2.30. The number of nitrogens with one attached hydrogen (secondary N) is 2. The molecule has 2 N–H and O–H groups in total. The first-order valence-corrected chi connectivity index (χ1v) is 11.2. The average Bonchev–Trinajstić information content (AvgIpc) is 3.26. The SMILES string of the molecule is Cc1nc(NNC(=O)[C@H](C)CC2CCCC2)c(F)c(N2CCN3CCOC[C@@H]3C2)n1. The van der Waals surface area contributed by atoms with Crippen LogP contribution in [0, 0.1) is 24.6 Å².